The van der Waals surface area contributed by atoms with E-state index in [1.54, 1.807) is 67.0 Å². The van der Waals surface area contributed by atoms with Crippen LogP contribution in [0.15, 0.2) is 78.6 Å². The van der Waals surface area contributed by atoms with Gasteiger partial charge in [-0.2, -0.15) is 0 Å². The van der Waals surface area contributed by atoms with Gasteiger partial charge >= 0.3 is 0 Å². The van der Waals surface area contributed by atoms with E-state index in [4.69, 9.17) is 4.74 Å². The summed E-state index contributed by atoms with van der Waals surface area (Å²) >= 11 is 0. The highest BCUT2D eigenvalue weighted by Crippen LogP contribution is 2.39. The van der Waals surface area contributed by atoms with Gasteiger partial charge in [0, 0.05) is 18.0 Å². The van der Waals surface area contributed by atoms with Crippen LogP contribution in [0.5, 0.6) is 5.75 Å². The van der Waals surface area contributed by atoms with Crippen LogP contribution >= 0.6 is 0 Å². The third kappa shape index (κ3) is 3.53. The van der Waals surface area contributed by atoms with Gasteiger partial charge in [0.05, 0.1) is 30.6 Å². The Morgan fingerprint density at radius 1 is 1.03 bits per heavy atom. The van der Waals surface area contributed by atoms with Gasteiger partial charge in [-0.1, -0.05) is 24.3 Å². The van der Waals surface area contributed by atoms with E-state index in [0.717, 1.165) is 0 Å². The minimum Gasteiger partial charge on any atom is -0.507 e. The molecule has 0 saturated carbocycles. The Kier molecular flexibility index (Phi) is 5.26. The third-order valence-electron chi connectivity index (χ3n) is 4.91. The molecule has 0 radical (unpaired) electrons. The molecule has 1 aliphatic rings. The van der Waals surface area contributed by atoms with Crippen molar-refractivity contribution >= 4 is 17.4 Å². The number of ketones is 1. The van der Waals surface area contributed by atoms with Gasteiger partial charge < -0.3 is 14.7 Å². The number of carbonyl (C=O) groups is 2. The zero-order valence-electron chi connectivity index (χ0n) is 16.2. The van der Waals surface area contributed by atoms with Crippen LogP contribution in [0.2, 0.25) is 0 Å². The Hall–Kier alpha value is -4.00. The summed E-state index contributed by atoms with van der Waals surface area (Å²) in [5.74, 6) is -1.22. The van der Waals surface area contributed by atoms with E-state index in [9.17, 15) is 14.7 Å². The fourth-order valence-electron chi connectivity index (χ4n) is 3.48. The molecule has 7 nitrogen and oxygen atoms in total. The van der Waals surface area contributed by atoms with Gasteiger partial charge in [-0.25, -0.2) is 0 Å². The second-order valence-corrected chi connectivity index (χ2v) is 6.73. The van der Waals surface area contributed by atoms with E-state index in [1.165, 1.54) is 12.0 Å². The first-order valence-electron chi connectivity index (χ1n) is 9.34. The highest BCUT2D eigenvalue weighted by Gasteiger charge is 2.46. The van der Waals surface area contributed by atoms with Gasteiger partial charge in [-0.15, -0.1) is 0 Å². The number of likely N-dealkylation sites (tertiary alicyclic amines) is 1. The van der Waals surface area contributed by atoms with Crippen LogP contribution in [-0.2, 0) is 16.1 Å². The van der Waals surface area contributed by atoms with E-state index in [0.29, 0.717) is 22.7 Å². The van der Waals surface area contributed by atoms with Gasteiger partial charge in [-0.05, 0) is 36.4 Å². The Bertz CT molecular complexity index is 1110. The number of rotatable bonds is 5. The maximum Gasteiger partial charge on any atom is 0.296 e. The molecule has 150 valence electrons. The van der Waals surface area contributed by atoms with Crippen LogP contribution in [0.3, 0.4) is 0 Å². The van der Waals surface area contributed by atoms with Gasteiger partial charge in [0.1, 0.15) is 17.6 Å². The summed E-state index contributed by atoms with van der Waals surface area (Å²) in [7, 11) is 1.51. The largest absolute Gasteiger partial charge is 0.507 e. The SMILES string of the molecule is COc1cccc(/C(O)=C2/C(=O)C(=O)N(Cc3ccccn3)C2c2ccccn2)c1. The Labute approximate surface area is 173 Å². The third-order valence-corrected chi connectivity index (χ3v) is 4.91. The second kappa shape index (κ2) is 8.16. The smallest absolute Gasteiger partial charge is 0.296 e. The number of methoxy groups -OCH3 is 1. The van der Waals surface area contributed by atoms with Crippen LogP contribution in [0.1, 0.15) is 23.0 Å². The van der Waals surface area contributed by atoms with Crippen molar-refractivity contribution in [1.82, 2.24) is 14.9 Å². The lowest BCUT2D eigenvalue weighted by atomic mass is 9.98. The normalized spacial score (nSPS) is 17.9. The van der Waals surface area contributed by atoms with E-state index >= 15 is 0 Å². The first kappa shape index (κ1) is 19.3. The van der Waals surface area contributed by atoms with E-state index in [-0.39, 0.29) is 17.9 Å². The fraction of sp³-hybridized carbons (Fsp3) is 0.130. The van der Waals surface area contributed by atoms with Crippen molar-refractivity contribution in [3.8, 4) is 5.75 Å². The lowest BCUT2D eigenvalue weighted by molar-refractivity contribution is -0.140. The highest BCUT2D eigenvalue weighted by molar-refractivity contribution is 6.46. The molecular weight excluding hydrogens is 382 g/mol. The molecule has 2 aromatic heterocycles. The van der Waals surface area contributed by atoms with Crippen LogP contribution in [0, 0.1) is 0 Å². The van der Waals surface area contributed by atoms with Gasteiger partial charge in [0.25, 0.3) is 11.7 Å². The molecule has 1 fully saturated rings. The molecule has 7 heteroatoms. The molecule has 1 atom stereocenters. The molecule has 1 N–H and O–H groups in total. The number of carbonyl (C=O) groups excluding carboxylic acids is 2. The lowest BCUT2D eigenvalue weighted by Crippen LogP contribution is -2.29. The first-order chi connectivity index (χ1) is 14.6. The maximum absolute atomic E-state index is 13.0. The topological polar surface area (TPSA) is 92.6 Å². The van der Waals surface area contributed by atoms with Crippen molar-refractivity contribution in [1.29, 1.82) is 0 Å². The standard InChI is InChI=1S/C23H19N3O4/c1-30-17-9-6-7-15(13-17)21(27)19-20(18-10-3-5-12-25-18)26(23(29)22(19)28)14-16-8-2-4-11-24-16/h2-13,20,27H,14H2,1H3/b21-19-. The molecule has 1 saturated heterocycles. The number of aliphatic hydroxyl groups excluding tert-OH is 1. The van der Waals surface area contributed by atoms with Crippen molar-refractivity contribution in [2.24, 2.45) is 0 Å². The second-order valence-electron chi connectivity index (χ2n) is 6.73. The number of aliphatic hydroxyl groups is 1. The van der Waals surface area contributed by atoms with Gasteiger partial charge in [0.15, 0.2) is 0 Å². The summed E-state index contributed by atoms with van der Waals surface area (Å²) in [5, 5.41) is 11.0. The summed E-state index contributed by atoms with van der Waals surface area (Å²) in [6.07, 6.45) is 3.21. The average Bonchev–Trinajstić information content (AvgIpc) is 3.05. The summed E-state index contributed by atoms with van der Waals surface area (Å²) < 4.78 is 5.21. The summed E-state index contributed by atoms with van der Waals surface area (Å²) in [4.78, 5) is 35.9. The monoisotopic (exact) mass is 401 g/mol. The van der Waals surface area contributed by atoms with Gasteiger partial charge in [-0.3, -0.25) is 19.6 Å². The van der Waals surface area contributed by atoms with Crippen LogP contribution < -0.4 is 4.74 Å². The zero-order chi connectivity index (χ0) is 21.1. The Balaban J connectivity index is 1.85. The highest BCUT2D eigenvalue weighted by atomic mass is 16.5. The molecule has 0 aliphatic carbocycles. The number of Topliss-reactive ketones (excluding diaryl/α,β-unsaturated/α-hetero) is 1. The zero-order valence-corrected chi connectivity index (χ0v) is 16.2. The molecule has 0 bridgehead atoms. The summed E-state index contributed by atoms with van der Waals surface area (Å²) in [6, 6.07) is 16.5. The van der Waals surface area contributed by atoms with Crippen molar-refractivity contribution < 1.29 is 19.4 Å². The van der Waals surface area contributed by atoms with Crippen LogP contribution in [-0.4, -0.2) is 38.8 Å². The Morgan fingerprint density at radius 2 is 1.80 bits per heavy atom. The predicted octanol–water partition coefficient (Wildman–Crippen LogP) is 3.11. The summed E-state index contributed by atoms with van der Waals surface area (Å²) in [5.41, 5.74) is 1.48. The number of ether oxygens (including phenoxy) is 1. The lowest BCUT2D eigenvalue weighted by Gasteiger charge is -2.24. The molecule has 4 rings (SSSR count). The molecule has 3 heterocycles. The quantitative estimate of drug-likeness (QED) is 0.401. The molecule has 0 spiro atoms. The van der Waals surface area contributed by atoms with Crippen LogP contribution in [0.25, 0.3) is 5.76 Å². The van der Waals surface area contributed by atoms with E-state index in [2.05, 4.69) is 9.97 Å². The van der Waals surface area contributed by atoms with Crippen molar-refractivity contribution in [3.63, 3.8) is 0 Å². The number of nitrogens with zero attached hydrogens (tertiary/aromatic N) is 3. The average molecular weight is 401 g/mol. The molecule has 1 unspecified atom stereocenters. The first-order valence-corrected chi connectivity index (χ1v) is 9.34. The number of benzene rings is 1. The maximum atomic E-state index is 13.0. The fourth-order valence-corrected chi connectivity index (χ4v) is 3.48. The number of amides is 1. The number of pyridine rings is 2. The minimum absolute atomic E-state index is 0.0112. The minimum atomic E-state index is -0.834. The van der Waals surface area contributed by atoms with Crippen LogP contribution in [0.4, 0.5) is 0 Å². The predicted molar refractivity (Wildman–Crippen MR) is 109 cm³/mol. The van der Waals surface area contributed by atoms with Gasteiger partial charge in [0.2, 0.25) is 0 Å². The summed E-state index contributed by atoms with van der Waals surface area (Å²) in [6.45, 7) is 0.113. The Morgan fingerprint density at radius 3 is 2.47 bits per heavy atom. The molecular formula is C23H19N3O4. The van der Waals surface area contributed by atoms with Crippen molar-refractivity contribution in [3.05, 3.63) is 95.6 Å². The number of aromatic nitrogens is 2. The molecule has 30 heavy (non-hydrogen) atoms. The molecule has 1 aliphatic heterocycles. The number of hydrogen-bond acceptors (Lipinski definition) is 6. The number of hydrogen-bond donors (Lipinski definition) is 1. The molecule has 3 aromatic rings. The van der Waals surface area contributed by atoms with E-state index in [1.807, 2.05) is 6.07 Å². The molecule has 1 amide bonds. The molecule has 1 aromatic carbocycles. The van der Waals surface area contributed by atoms with E-state index < -0.39 is 17.7 Å². The van der Waals surface area contributed by atoms with Crippen molar-refractivity contribution in [2.75, 3.05) is 7.11 Å². The van der Waals surface area contributed by atoms with Crippen molar-refractivity contribution in [2.45, 2.75) is 12.6 Å².